The zero-order valence-corrected chi connectivity index (χ0v) is 7.14. The van der Waals surface area contributed by atoms with Crippen LogP contribution < -0.4 is 0 Å². The zero-order chi connectivity index (χ0) is 7.61. The molecule has 0 radical (unpaired) electrons. The number of hydrogen-bond acceptors (Lipinski definition) is 1. The van der Waals surface area contributed by atoms with Gasteiger partial charge in [-0.05, 0) is 28.1 Å². The van der Waals surface area contributed by atoms with E-state index in [4.69, 9.17) is 4.74 Å². The van der Waals surface area contributed by atoms with E-state index in [1.54, 1.807) is 18.2 Å². The molecule has 0 heterocycles. The monoisotopic (exact) mass is 206 g/mol. The molecule has 0 N–H and O–H groups in total. The summed E-state index contributed by atoms with van der Waals surface area (Å²) in [5, 5.41) is 0. The molecule has 1 nitrogen and oxygen atoms in total. The number of alkyl halides is 2. The van der Waals surface area contributed by atoms with Crippen molar-refractivity contribution in [1.29, 1.82) is 0 Å². The largest absolute Gasteiger partial charge is 0.360 e. The standard InChI is InChI=1S/C7H8BrFO/c1-10-7(8)5-3-2-4-6(7)9/h2-6H,1H3. The van der Waals surface area contributed by atoms with Crippen LogP contribution in [0.25, 0.3) is 0 Å². The summed E-state index contributed by atoms with van der Waals surface area (Å²) in [6.07, 6.45) is 5.37. The van der Waals surface area contributed by atoms with E-state index in [0.29, 0.717) is 0 Å². The molecule has 0 saturated carbocycles. The lowest BCUT2D eigenvalue weighted by molar-refractivity contribution is 0.0631. The Morgan fingerprint density at radius 3 is 2.70 bits per heavy atom. The van der Waals surface area contributed by atoms with Crippen molar-refractivity contribution in [1.82, 2.24) is 0 Å². The van der Waals surface area contributed by atoms with E-state index in [1.165, 1.54) is 13.2 Å². The molecule has 3 heteroatoms. The van der Waals surface area contributed by atoms with Gasteiger partial charge in [-0.25, -0.2) is 4.39 Å². The van der Waals surface area contributed by atoms with Gasteiger partial charge in [0.1, 0.15) is 0 Å². The van der Waals surface area contributed by atoms with Crippen molar-refractivity contribution in [2.24, 2.45) is 0 Å². The molecule has 0 aromatic rings. The van der Waals surface area contributed by atoms with Crippen molar-refractivity contribution in [3.05, 3.63) is 24.3 Å². The molecule has 2 unspecified atom stereocenters. The summed E-state index contributed by atoms with van der Waals surface area (Å²) >= 11 is 3.12. The topological polar surface area (TPSA) is 9.23 Å². The number of hydrogen-bond donors (Lipinski definition) is 0. The van der Waals surface area contributed by atoms with Gasteiger partial charge < -0.3 is 4.74 Å². The first-order valence-corrected chi connectivity index (χ1v) is 3.72. The molecule has 56 valence electrons. The van der Waals surface area contributed by atoms with Crippen LogP contribution in [-0.2, 0) is 4.74 Å². The average molecular weight is 207 g/mol. The molecule has 1 aliphatic rings. The Morgan fingerprint density at radius 1 is 1.60 bits per heavy atom. The van der Waals surface area contributed by atoms with Gasteiger partial charge in [0.15, 0.2) is 10.7 Å². The summed E-state index contributed by atoms with van der Waals surface area (Å²) in [7, 11) is 1.46. The fourth-order valence-corrected chi connectivity index (χ4v) is 1.06. The summed E-state index contributed by atoms with van der Waals surface area (Å²) in [5.74, 6) is 0. The summed E-state index contributed by atoms with van der Waals surface area (Å²) in [6, 6.07) is 0. The Balaban J connectivity index is 2.77. The second-order valence-electron chi connectivity index (χ2n) is 2.05. The van der Waals surface area contributed by atoms with Gasteiger partial charge in [0.2, 0.25) is 0 Å². The summed E-state index contributed by atoms with van der Waals surface area (Å²) in [6.45, 7) is 0. The number of methoxy groups -OCH3 is 1. The Hall–Kier alpha value is -0.150. The quantitative estimate of drug-likeness (QED) is 0.599. The minimum absolute atomic E-state index is 0.943. The zero-order valence-electron chi connectivity index (χ0n) is 5.55. The fourth-order valence-electron chi connectivity index (χ4n) is 0.752. The highest BCUT2D eigenvalue weighted by Gasteiger charge is 2.33. The molecule has 0 aliphatic heterocycles. The van der Waals surface area contributed by atoms with E-state index in [9.17, 15) is 4.39 Å². The molecule has 0 aromatic carbocycles. The molecule has 0 saturated heterocycles. The number of allylic oxidation sites excluding steroid dienone is 2. The third-order valence-corrected chi connectivity index (χ3v) is 2.43. The van der Waals surface area contributed by atoms with E-state index in [2.05, 4.69) is 15.9 Å². The third-order valence-electron chi connectivity index (χ3n) is 1.40. The predicted molar refractivity (Wildman–Crippen MR) is 41.8 cm³/mol. The molecule has 1 aliphatic carbocycles. The molecule has 0 fully saturated rings. The van der Waals surface area contributed by atoms with Crippen molar-refractivity contribution in [2.75, 3.05) is 7.11 Å². The van der Waals surface area contributed by atoms with Crippen LogP contribution in [0.4, 0.5) is 4.39 Å². The van der Waals surface area contributed by atoms with Gasteiger partial charge in [-0.3, -0.25) is 0 Å². The SMILES string of the molecule is COC1(Br)C=CC=CC1F. The van der Waals surface area contributed by atoms with Gasteiger partial charge in [-0.1, -0.05) is 12.2 Å². The van der Waals surface area contributed by atoms with Crippen molar-refractivity contribution in [3.8, 4) is 0 Å². The molecule has 10 heavy (non-hydrogen) atoms. The molecule has 2 atom stereocenters. The number of halogens is 2. The van der Waals surface area contributed by atoms with Crippen molar-refractivity contribution in [2.45, 2.75) is 10.7 Å². The average Bonchev–Trinajstić information content (AvgIpc) is 1.96. The van der Waals surface area contributed by atoms with Crippen molar-refractivity contribution in [3.63, 3.8) is 0 Å². The van der Waals surface area contributed by atoms with Crippen LogP contribution in [0.1, 0.15) is 0 Å². The first kappa shape index (κ1) is 7.95. The summed E-state index contributed by atoms with van der Waals surface area (Å²) < 4.78 is 16.9. The maximum absolute atomic E-state index is 12.9. The minimum Gasteiger partial charge on any atom is -0.360 e. The van der Waals surface area contributed by atoms with Gasteiger partial charge in [-0.2, -0.15) is 0 Å². The Morgan fingerprint density at radius 2 is 2.30 bits per heavy atom. The van der Waals surface area contributed by atoms with Crippen molar-refractivity contribution >= 4 is 15.9 Å². The van der Waals surface area contributed by atoms with Crippen molar-refractivity contribution < 1.29 is 9.13 Å². The predicted octanol–water partition coefficient (Wildman–Crippen LogP) is 2.19. The van der Waals surface area contributed by atoms with Crippen LogP contribution in [0.3, 0.4) is 0 Å². The van der Waals surface area contributed by atoms with Crippen LogP contribution in [0.15, 0.2) is 24.3 Å². The van der Waals surface area contributed by atoms with Gasteiger partial charge in [-0.15, -0.1) is 0 Å². The second kappa shape index (κ2) is 2.84. The normalized spacial score (nSPS) is 38.5. The van der Waals surface area contributed by atoms with E-state index in [-0.39, 0.29) is 0 Å². The van der Waals surface area contributed by atoms with Crippen LogP contribution in [0, 0.1) is 0 Å². The Bertz CT molecular complexity index is 178. The second-order valence-corrected chi connectivity index (χ2v) is 3.29. The van der Waals surface area contributed by atoms with Gasteiger partial charge in [0.05, 0.1) is 0 Å². The lowest BCUT2D eigenvalue weighted by Gasteiger charge is -2.25. The molecular formula is C7H8BrFO. The van der Waals surface area contributed by atoms with Crippen LogP contribution in [-0.4, -0.2) is 17.8 Å². The molecule has 0 bridgehead atoms. The molecule has 0 aromatic heterocycles. The lowest BCUT2D eigenvalue weighted by Crippen LogP contribution is -2.32. The van der Waals surface area contributed by atoms with E-state index in [1.807, 2.05) is 0 Å². The highest BCUT2D eigenvalue weighted by atomic mass is 79.9. The molecule has 0 amide bonds. The highest BCUT2D eigenvalue weighted by Crippen LogP contribution is 2.30. The van der Waals surface area contributed by atoms with Crippen LogP contribution in [0.5, 0.6) is 0 Å². The Kier molecular flexibility index (Phi) is 2.26. The molecular weight excluding hydrogens is 199 g/mol. The first-order chi connectivity index (χ1) is 4.69. The van der Waals surface area contributed by atoms with Gasteiger partial charge in [0, 0.05) is 7.11 Å². The van der Waals surface area contributed by atoms with E-state index >= 15 is 0 Å². The van der Waals surface area contributed by atoms with E-state index < -0.39 is 10.7 Å². The molecule has 1 rings (SSSR count). The van der Waals surface area contributed by atoms with Crippen LogP contribution >= 0.6 is 15.9 Å². The van der Waals surface area contributed by atoms with Crippen LogP contribution in [0.2, 0.25) is 0 Å². The van der Waals surface area contributed by atoms with Gasteiger partial charge >= 0.3 is 0 Å². The lowest BCUT2D eigenvalue weighted by atomic mass is 10.1. The number of ether oxygens (including phenoxy) is 1. The smallest absolute Gasteiger partial charge is 0.175 e. The van der Waals surface area contributed by atoms with E-state index in [0.717, 1.165) is 0 Å². The summed E-state index contributed by atoms with van der Waals surface area (Å²) in [4.78, 5) is 0. The highest BCUT2D eigenvalue weighted by molar-refractivity contribution is 9.10. The minimum atomic E-state index is -1.11. The fraction of sp³-hybridized carbons (Fsp3) is 0.429. The Labute approximate surface area is 67.7 Å². The van der Waals surface area contributed by atoms with Gasteiger partial charge in [0.25, 0.3) is 0 Å². The maximum atomic E-state index is 12.9. The third kappa shape index (κ3) is 1.30. The molecule has 0 spiro atoms. The first-order valence-electron chi connectivity index (χ1n) is 2.93. The number of rotatable bonds is 1. The maximum Gasteiger partial charge on any atom is 0.175 e. The summed E-state index contributed by atoms with van der Waals surface area (Å²) in [5.41, 5.74) is 0.